The molecule has 6 heteroatoms. The van der Waals surface area contributed by atoms with Gasteiger partial charge in [0.2, 0.25) is 5.91 Å². The Hall–Kier alpha value is -1.95. The number of amides is 1. The molecule has 2 aromatic rings. The Morgan fingerprint density at radius 2 is 2.42 bits per heavy atom. The van der Waals surface area contributed by atoms with Gasteiger partial charge in [-0.3, -0.25) is 14.6 Å². The molecule has 0 aromatic carbocycles. The van der Waals surface area contributed by atoms with Crippen LogP contribution in [0.5, 0.6) is 0 Å². The Morgan fingerprint density at radius 3 is 3.21 bits per heavy atom. The zero-order valence-electron chi connectivity index (χ0n) is 10.3. The van der Waals surface area contributed by atoms with Crippen LogP contribution in [0.15, 0.2) is 28.8 Å². The third kappa shape index (κ3) is 2.44. The Labute approximate surface area is 113 Å². The molecule has 0 atom stereocenters. The lowest BCUT2D eigenvalue weighted by atomic mass is 10.0. The van der Waals surface area contributed by atoms with Crippen molar-refractivity contribution in [3.8, 4) is 0 Å². The minimum absolute atomic E-state index is 0.0538. The van der Waals surface area contributed by atoms with Gasteiger partial charge in [-0.1, -0.05) is 0 Å². The van der Waals surface area contributed by atoms with E-state index in [4.69, 9.17) is 0 Å². The highest BCUT2D eigenvalue weighted by Crippen LogP contribution is 2.16. The molecule has 1 aliphatic rings. The minimum Gasteiger partial charge on any atom is -0.338 e. The molecule has 3 heterocycles. The number of thiazole rings is 1. The molecule has 98 valence electrons. The number of aromatic amines is 1. The van der Waals surface area contributed by atoms with E-state index in [0.717, 1.165) is 16.9 Å². The molecular weight excluding hydrogens is 262 g/mol. The van der Waals surface area contributed by atoms with E-state index in [1.807, 2.05) is 6.07 Å². The summed E-state index contributed by atoms with van der Waals surface area (Å²) in [6.45, 7) is 1.08. The highest BCUT2D eigenvalue weighted by atomic mass is 32.1. The minimum atomic E-state index is -0.0900. The first-order chi connectivity index (χ1) is 9.24. The second-order valence-corrected chi connectivity index (χ2v) is 5.49. The van der Waals surface area contributed by atoms with Crippen molar-refractivity contribution in [1.29, 1.82) is 0 Å². The van der Waals surface area contributed by atoms with E-state index in [1.54, 1.807) is 22.8 Å². The Kier molecular flexibility index (Phi) is 3.16. The summed E-state index contributed by atoms with van der Waals surface area (Å²) in [5, 5.41) is 0. The third-order valence-electron chi connectivity index (χ3n) is 3.32. The van der Waals surface area contributed by atoms with Crippen LogP contribution in [-0.4, -0.2) is 27.3 Å². The number of nitrogens with one attached hydrogen (secondary N) is 1. The van der Waals surface area contributed by atoms with E-state index in [0.29, 0.717) is 25.1 Å². The molecule has 0 bridgehead atoms. The van der Waals surface area contributed by atoms with Crippen molar-refractivity contribution in [2.24, 2.45) is 0 Å². The molecular formula is C13H13N3O2S. The van der Waals surface area contributed by atoms with Crippen LogP contribution in [0, 0.1) is 0 Å². The zero-order chi connectivity index (χ0) is 13.2. The van der Waals surface area contributed by atoms with Gasteiger partial charge in [-0.15, -0.1) is 11.3 Å². The van der Waals surface area contributed by atoms with Gasteiger partial charge in [0.05, 0.1) is 18.5 Å². The molecule has 3 rings (SSSR count). The highest BCUT2D eigenvalue weighted by molar-refractivity contribution is 7.09. The lowest BCUT2D eigenvalue weighted by Crippen LogP contribution is -2.39. The van der Waals surface area contributed by atoms with Gasteiger partial charge in [0.1, 0.15) is 0 Å². The maximum absolute atomic E-state index is 12.2. The van der Waals surface area contributed by atoms with Crippen LogP contribution in [0.2, 0.25) is 0 Å². The van der Waals surface area contributed by atoms with Crippen molar-refractivity contribution in [3.05, 3.63) is 50.3 Å². The summed E-state index contributed by atoms with van der Waals surface area (Å²) >= 11 is 1.48. The van der Waals surface area contributed by atoms with Gasteiger partial charge in [-0.05, 0) is 18.1 Å². The van der Waals surface area contributed by atoms with Crippen LogP contribution in [0.3, 0.4) is 0 Å². The number of H-pyrrole nitrogens is 1. The molecule has 1 amide bonds. The molecule has 0 unspecified atom stereocenters. The number of hydrogen-bond donors (Lipinski definition) is 1. The van der Waals surface area contributed by atoms with Crippen molar-refractivity contribution in [3.63, 3.8) is 0 Å². The van der Waals surface area contributed by atoms with E-state index in [9.17, 15) is 9.59 Å². The van der Waals surface area contributed by atoms with Crippen LogP contribution in [0.25, 0.3) is 0 Å². The quantitative estimate of drug-likeness (QED) is 0.887. The summed E-state index contributed by atoms with van der Waals surface area (Å²) in [5.41, 5.74) is 3.39. The SMILES string of the molecule is O=C(Cc1cncs1)N1CCc2cc[nH]c(=O)c2C1. The van der Waals surface area contributed by atoms with Crippen molar-refractivity contribution in [1.82, 2.24) is 14.9 Å². The summed E-state index contributed by atoms with van der Waals surface area (Å²) in [5.74, 6) is 0.0538. The van der Waals surface area contributed by atoms with Crippen LogP contribution in [0.4, 0.5) is 0 Å². The summed E-state index contributed by atoms with van der Waals surface area (Å²) in [4.78, 5) is 33.3. The van der Waals surface area contributed by atoms with Crippen LogP contribution in [-0.2, 0) is 24.2 Å². The summed E-state index contributed by atoms with van der Waals surface area (Å²) < 4.78 is 0. The maximum atomic E-state index is 12.2. The molecule has 5 nitrogen and oxygen atoms in total. The lowest BCUT2D eigenvalue weighted by molar-refractivity contribution is -0.131. The van der Waals surface area contributed by atoms with E-state index >= 15 is 0 Å². The molecule has 0 saturated heterocycles. The molecule has 2 aromatic heterocycles. The largest absolute Gasteiger partial charge is 0.338 e. The van der Waals surface area contributed by atoms with E-state index in [1.165, 1.54) is 11.3 Å². The van der Waals surface area contributed by atoms with Crippen molar-refractivity contribution in [2.75, 3.05) is 6.54 Å². The second-order valence-electron chi connectivity index (χ2n) is 4.52. The number of aromatic nitrogens is 2. The summed E-state index contributed by atoms with van der Waals surface area (Å²) in [6, 6.07) is 1.92. The number of rotatable bonds is 2. The topological polar surface area (TPSA) is 66.1 Å². The fraction of sp³-hybridized carbons (Fsp3) is 0.308. The molecule has 0 aliphatic carbocycles. The molecule has 0 spiro atoms. The fourth-order valence-corrected chi connectivity index (χ4v) is 2.87. The van der Waals surface area contributed by atoms with Crippen molar-refractivity contribution < 1.29 is 4.79 Å². The van der Waals surface area contributed by atoms with Gasteiger partial charge < -0.3 is 9.88 Å². The second kappa shape index (κ2) is 4.97. The molecule has 19 heavy (non-hydrogen) atoms. The molecule has 1 N–H and O–H groups in total. The Morgan fingerprint density at radius 1 is 1.53 bits per heavy atom. The first-order valence-electron chi connectivity index (χ1n) is 6.08. The maximum Gasteiger partial charge on any atom is 0.253 e. The average molecular weight is 275 g/mol. The first-order valence-corrected chi connectivity index (χ1v) is 6.96. The average Bonchev–Trinajstić information content (AvgIpc) is 2.92. The fourth-order valence-electron chi connectivity index (χ4n) is 2.29. The predicted molar refractivity (Wildman–Crippen MR) is 72.0 cm³/mol. The molecule has 0 fully saturated rings. The Bertz CT molecular complexity index is 648. The number of carbonyl (C=O) groups excluding carboxylic acids is 1. The number of nitrogens with zero attached hydrogens (tertiary/aromatic N) is 2. The number of hydrogen-bond acceptors (Lipinski definition) is 4. The monoisotopic (exact) mass is 275 g/mol. The lowest BCUT2D eigenvalue weighted by Gasteiger charge is -2.28. The van der Waals surface area contributed by atoms with E-state index in [2.05, 4.69) is 9.97 Å². The van der Waals surface area contributed by atoms with Gasteiger partial charge >= 0.3 is 0 Å². The molecule has 1 aliphatic heterocycles. The third-order valence-corrected chi connectivity index (χ3v) is 4.10. The van der Waals surface area contributed by atoms with E-state index in [-0.39, 0.29) is 11.5 Å². The Balaban J connectivity index is 1.76. The summed E-state index contributed by atoms with van der Waals surface area (Å²) in [7, 11) is 0. The van der Waals surface area contributed by atoms with Gasteiger partial charge in [0, 0.05) is 29.4 Å². The van der Waals surface area contributed by atoms with Gasteiger partial charge in [-0.25, -0.2) is 0 Å². The number of pyridine rings is 1. The first kappa shape index (κ1) is 12.1. The standard InChI is InChI=1S/C13H13N3O2S/c17-12(5-10-6-14-8-19-10)16-4-2-9-1-3-15-13(18)11(9)7-16/h1,3,6,8H,2,4-5,7H2,(H,15,18). The zero-order valence-corrected chi connectivity index (χ0v) is 11.1. The van der Waals surface area contributed by atoms with Gasteiger partial charge in [0.25, 0.3) is 5.56 Å². The van der Waals surface area contributed by atoms with E-state index < -0.39 is 0 Å². The molecule has 0 radical (unpaired) electrons. The van der Waals surface area contributed by atoms with Crippen molar-refractivity contribution >= 4 is 17.2 Å². The summed E-state index contributed by atoms with van der Waals surface area (Å²) in [6.07, 6.45) is 4.49. The van der Waals surface area contributed by atoms with Crippen molar-refractivity contribution in [2.45, 2.75) is 19.4 Å². The number of fused-ring (bicyclic) bond motifs is 1. The molecule has 0 saturated carbocycles. The smallest absolute Gasteiger partial charge is 0.253 e. The van der Waals surface area contributed by atoms with Crippen LogP contribution >= 0.6 is 11.3 Å². The number of carbonyl (C=O) groups is 1. The predicted octanol–water partition coefficient (Wildman–Crippen LogP) is 0.959. The van der Waals surface area contributed by atoms with Crippen LogP contribution in [0.1, 0.15) is 16.0 Å². The normalized spacial score (nSPS) is 14.2. The highest BCUT2D eigenvalue weighted by Gasteiger charge is 2.22. The van der Waals surface area contributed by atoms with Gasteiger partial charge in [-0.2, -0.15) is 0 Å². The van der Waals surface area contributed by atoms with Crippen LogP contribution < -0.4 is 5.56 Å². The van der Waals surface area contributed by atoms with Gasteiger partial charge in [0.15, 0.2) is 0 Å².